The summed E-state index contributed by atoms with van der Waals surface area (Å²) in [6.45, 7) is 5.24. The topological polar surface area (TPSA) is 58.6 Å². The molecule has 0 radical (unpaired) electrons. The quantitative estimate of drug-likeness (QED) is 0.718. The molecule has 0 saturated carbocycles. The Hall–Kier alpha value is -1.39. The summed E-state index contributed by atoms with van der Waals surface area (Å²) in [5, 5.41) is 12.1. The molecule has 112 valence electrons. The molecule has 0 aliphatic carbocycles. The van der Waals surface area contributed by atoms with Gasteiger partial charge in [-0.05, 0) is 29.9 Å². The number of hydrogen-bond donors (Lipinski definition) is 2. The van der Waals surface area contributed by atoms with E-state index in [1.165, 1.54) is 0 Å². The van der Waals surface area contributed by atoms with Crippen molar-refractivity contribution < 1.29 is 14.6 Å². The third-order valence-corrected chi connectivity index (χ3v) is 3.31. The van der Waals surface area contributed by atoms with Crippen molar-refractivity contribution in [3.05, 3.63) is 35.4 Å². The van der Waals surface area contributed by atoms with E-state index in [2.05, 4.69) is 5.32 Å². The molecule has 1 aromatic rings. The smallest absolute Gasteiger partial charge is 0.251 e. The number of rotatable bonds is 8. The highest BCUT2D eigenvalue weighted by atomic mass is 16.5. The maximum absolute atomic E-state index is 12.1. The first-order valence-electron chi connectivity index (χ1n) is 6.96. The number of benzene rings is 1. The lowest BCUT2D eigenvalue weighted by Crippen LogP contribution is -2.27. The molecule has 4 heteroatoms. The van der Waals surface area contributed by atoms with Crippen molar-refractivity contribution >= 4 is 5.91 Å². The molecule has 0 saturated heterocycles. The predicted molar refractivity (Wildman–Crippen MR) is 79.6 cm³/mol. The second kappa shape index (κ2) is 8.02. The van der Waals surface area contributed by atoms with Gasteiger partial charge in [-0.15, -0.1) is 0 Å². The molecule has 0 aliphatic heterocycles. The van der Waals surface area contributed by atoms with Crippen molar-refractivity contribution in [2.45, 2.75) is 33.3 Å². The van der Waals surface area contributed by atoms with Crippen LogP contribution in [0.25, 0.3) is 0 Å². The van der Waals surface area contributed by atoms with Crippen LogP contribution in [-0.4, -0.2) is 31.3 Å². The number of amides is 1. The van der Waals surface area contributed by atoms with Crippen LogP contribution in [0.1, 0.15) is 42.6 Å². The van der Waals surface area contributed by atoms with Crippen molar-refractivity contribution in [1.82, 2.24) is 5.32 Å². The normalized spacial score (nSPS) is 11.4. The van der Waals surface area contributed by atoms with Gasteiger partial charge in [-0.25, -0.2) is 0 Å². The lowest BCUT2D eigenvalue weighted by atomic mass is 9.89. The molecule has 0 bridgehead atoms. The maximum atomic E-state index is 12.1. The lowest BCUT2D eigenvalue weighted by Gasteiger charge is -2.21. The van der Waals surface area contributed by atoms with Gasteiger partial charge in [0.15, 0.2) is 0 Å². The second-order valence-electron chi connectivity index (χ2n) is 5.77. The minimum atomic E-state index is -0.0846. The lowest BCUT2D eigenvalue weighted by molar-refractivity contribution is 0.0943. The van der Waals surface area contributed by atoms with E-state index in [-0.39, 0.29) is 17.9 Å². The van der Waals surface area contributed by atoms with E-state index in [0.29, 0.717) is 18.7 Å². The monoisotopic (exact) mass is 279 g/mol. The van der Waals surface area contributed by atoms with Crippen LogP contribution in [0.15, 0.2) is 24.3 Å². The molecule has 0 spiro atoms. The molecule has 0 unspecified atom stereocenters. The Balaban J connectivity index is 2.47. The Morgan fingerprint density at radius 1 is 1.35 bits per heavy atom. The molecule has 1 aromatic carbocycles. The average molecular weight is 279 g/mol. The van der Waals surface area contributed by atoms with Gasteiger partial charge in [0.2, 0.25) is 0 Å². The van der Waals surface area contributed by atoms with Crippen LogP contribution < -0.4 is 5.32 Å². The first-order valence-corrected chi connectivity index (χ1v) is 6.96. The van der Waals surface area contributed by atoms with Crippen molar-refractivity contribution in [3.8, 4) is 0 Å². The van der Waals surface area contributed by atoms with E-state index in [1.54, 1.807) is 13.2 Å². The molecular weight excluding hydrogens is 254 g/mol. The fourth-order valence-corrected chi connectivity index (χ4v) is 1.97. The Morgan fingerprint density at radius 3 is 2.70 bits per heavy atom. The number of nitrogens with one attached hydrogen (secondary N) is 1. The van der Waals surface area contributed by atoms with E-state index in [4.69, 9.17) is 4.74 Å². The van der Waals surface area contributed by atoms with Crippen molar-refractivity contribution in [2.24, 2.45) is 5.41 Å². The molecule has 20 heavy (non-hydrogen) atoms. The van der Waals surface area contributed by atoms with Crippen LogP contribution in [0, 0.1) is 5.41 Å². The van der Waals surface area contributed by atoms with Crippen LogP contribution >= 0.6 is 0 Å². The number of methoxy groups -OCH3 is 1. The molecule has 0 aromatic heterocycles. The number of carbonyl (C=O) groups is 1. The fraction of sp³-hybridized carbons (Fsp3) is 0.562. The molecule has 0 fully saturated rings. The number of aliphatic hydroxyl groups is 1. The van der Waals surface area contributed by atoms with Crippen molar-refractivity contribution in [2.75, 3.05) is 20.3 Å². The predicted octanol–water partition coefficient (Wildman–Crippen LogP) is 2.36. The molecule has 0 heterocycles. The summed E-state index contributed by atoms with van der Waals surface area (Å²) in [5.74, 6) is -0.0699. The van der Waals surface area contributed by atoms with Crippen LogP contribution in [-0.2, 0) is 11.3 Å². The van der Waals surface area contributed by atoms with Crippen LogP contribution in [0.3, 0.4) is 0 Å². The fourth-order valence-electron chi connectivity index (χ4n) is 1.97. The zero-order valence-corrected chi connectivity index (χ0v) is 12.6. The Morgan fingerprint density at radius 2 is 2.05 bits per heavy atom. The molecule has 0 aliphatic rings. The van der Waals surface area contributed by atoms with Gasteiger partial charge in [-0.1, -0.05) is 32.0 Å². The third-order valence-electron chi connectivity index (χ3n) is 3.31. The summed E-state index contributed by atoms with van der Waals surface area (Å²) in [4.78, 5) is 12.1. The first-order chi connectivity index (χ1) is 9.50. The minimum Gasteiger partial charge on any atom is -0.396 e. The number of aliphatic hydroxyl groups excluding tert-OH is 1. The number of ether oxygens (including phenoxy) is 1. The van der Waals surface area contributed by atoms with Gasteiger partial charge in [-0.2, -0.15) is 0 Å². The summed E-state index contributed by atoms with van der Waals surface area (Å²) >= 11 is 0. The first kappa shape index (κ1) is 16.7. The van der Waals surface area contributed by atoms with Crippen molar-refractivity contribution in [1.29, 1.82) is 0 Å². The summed E-state index contributed by atoms with van der Waals surface area (Å²) in [6.07, 6.45) is 1.73. The largest absolute Gasteiger partial charge is 0.396 e. The van der Waals surface area contributed by atoms with E-state index >= 15 is 0 Å². The van der Waals surface area contributed by atoms with Gasteiger partial charge >= 0.3 is 0 Å². The molecule has 0 atom stereocenters. The Kier molecular flexibility index (Phi) is 6.68. The maximum Gasteiger partial charge on any atom is 0.251 e. The zero-order chi connectivity index (χ0) is 15.0. The summed E-state index contributed by atoms with van der Waals surface area (Å²) in [7, 11) is 1.62. The second-order valence-corrected chi connectivity index (χ2v) is 5.77. The summed E-state index contributed by atoms with van der Waals surface area (Å²) in [5.41, 5.74) is 1.47. The van der Waals surface area contributed by atoms with Gasteiger partial charge in [0.25, 0.3) is 5.91 Å². The van der Waals surface area contributed by atoms with E-state index < -0.39 is 0 Å². The van der Waals surface area contributed by atoms with E-state index in [9.17, 15) is 9.90 Å². The third kappa shape index (κ3) is 5.31. The molecule has 4 nitrogen and oxygen atoms in total. The number of hydrogen-bond acceptors (Lipinski definition) is 3. The standard InChI is InChI=1S/C16H25NO3/c1-16(2,12-18)9-6-10-17-15(19)14-8-5-4-7-13(14)11-20-3/h4-5,7-8,18H,6,9-12H2,1-3H3,(H,17,19). The van der Waals surface area contributed by atoms with E-state index in [1.807, 2.05) is 32.0 Å². The molecular formula is C16H25NO3. The molecule has 2 N–H and O–H groups in total. The van der Waals surface area contributed by atoms with Gasteiger partial charge in [0, 0.05) is 25.8 Å². The molecule has 1 rings (SSSR count). The van der Waals surface area contributed by atoms with Crippen molar-refractivity contribution in [3.63, 3.8) is 0 Å². The highest BCUT2D eigenvalue weighted by Crippen LogP contribution is 2.20. The minimum absolute atomic E-state index is 0.0699. The summed E-state index contributed by atoms with van der Waals surface area (Å²) in [6, 6.07) is 7.45. The van der Waals surface area contributed by atoms with Crippen LogP contribution in [0.5, 0.6) is 0 Å². The zero-order valence-electron chi connectivity index (χ0n) is 12.6. The number of carbonyl (C=O) groups excluding carboxylic acids is 1. The van der Waals surface area contributed by atoms with Gasteiger partial charge in [0.05, 0.1) is 6.61 Å². The van der Waals surface area contributed by atoms with Gasteiger partial charge in [0.1, 0.15) is 0 Å². The van der Waals surface area contributed by atoms with Gasteiger partial charge in [-0.3, -0.25) is 4.79 Å². The SMILES string of the molecule is COCc1ccccc1C(=O)NCCCC(C)(C)CO. The van der Waals surface area contributed by atoms with Crippen LogP contribution in [0.2, 0.25) is 0 Å². The Bertz CT molecular complexity index is 429. The molecule has 1 amide bonds. The van der Waals surface area contributed by atoms with E-state index in [0.717, 1.165) is 18.4 Å². The average Bonchev–Trinajstić information content (AvgIpc) is 2.44. The summed E-state index contributed by atoms with van der Waals surface area (Å²) < 4.78 is 5.10. The highest BCUT2D eigenvalue weighted by molar-refractivity contribution is 5.95. The van der Waals surface area contributed by atoms with Gasteiger partial charge < -0.3 is 15.2 Å². The highest BCUT2D eigenvalue weighted by Gasteiger charge is 2.16. The Labute approximate surface area is 121 Å². The van der Waals surface area contributed by atoms with Crippen LogP contribution in [0.4, 0.5) is 0 Å².